The molecule has 1 aromatic carbocycles. The molecule has 3 nitrogen and oxygen atoms in total. The molecule has 0 amide bonds. The second-order valence-corrected chi connectivity index (χ2v) is 4.26. The van der Waals surface area contributed by atoms with Crippen molar-refractivity contribution in [3.05, 3.63) is 24.3 Å². The molecule has 0 radical (unpaired) electrons. The van der Waals surface area contributed by atoms with E-state index >= 15 is 0 Å². The largest absolute Gasteiger partial charge is 0.573 e. The lowest BCUT2D eigenvalue weighted by molar-refractivity contribution is -0.274. The van der Waals surface area contributed by atoms with Gasteiger partial charge in [0.05, 0.1) is 0 Å². The molecule has 1 unspecified atom stereocenters. The Morgan fingerprint density at radius 3 is 2.44 bits per heavy atom. The van der Waals surface area contributed by atoms with Crippen molar-refractivity contribution in [1.82, 2.24) is 5.32 Å². The van der Waals surface area contributed by atoms with Crippen LogP contribution in [0.25, 0.3) is 0 Å². The Bertz CT molecular complexity index is 391. The van der Waals surface area contributed by atoms with Crippen LogP contribution in [-0.2, 0) is 0 Å². The zero-order valence-corrected chi connectivity index (χ0v) is 10.00. The molecule has 1 N–H and O–H groups in total. The highest BCUT2D eigenvalue weighted by atomic mass is 19.4. The van der Waals surface area contributed by atoms with Gasteiger partial charge < -0.3 is 15.0 Å². The molecule has 1 aliphatic heterocycles. The third kappa shape index (κ3) is 3.29. The molecule has 2 rings (SSSR count). The van der Waals surface area contributed by atoms with Crippen LogP contribution >= 0.6 is 0 Å². The van der Waals surface area contributed by atoms with Gasteiger partial charge in [0, 0.05) is 24.8 Å². The van der Waals surface area contributed by atoms with Crippen LogP contribution < -0.4 is 15.0 Å². The summed E-state index contributed by atoms with van der Waals surface area (Å²) in [5.74, 6) is -0.185. The Morgan fingerprint density at radius 2 is 1.94 bits per heavy atom. The van der Waals surface area contributed by atoms with E-state index in [4.69, 9.17) is 0 Å². The molecule has 0 saturated carbocycles. The minimum atomic E-state index is -4.63. The van der Waals surface area contributed by atoms with Crippen LogP contribution in [0, 0.1) is 0 Å². The van der Waals surface area contributed by atoms with Gasteiger partial charge >= 0.3 is 6.36 Å². The molecule has 18 heavy (non-hydrogen) atoms. The third-order valence-corrected chi connectivity index (χ3v) is 3.03. The fourth-order valence-electron chi connectivity index (χ4n) is 2.09. The smallest absolute Gasteiger partial charge is 0.406 e. The number of likely N-dealkylation sites (N-methyl/N-ethyl adjacent to an activating group) is 1. The molecule has 0 bridgehead atoms. The van der Waals surface area contributed by atoms with E-state index in [1.54, 1.807) is 12.1 Å². The van der Waals surface area contributed by atoms with Crippen LogP contribution in [0.1, 0.15) is 6.42 Å². The van der Waals surface area contributed by atoms with Crippen LogP contribution in [0.3, 0.4) is 0 Å². The second-order valence-electron chi connectivity index (χ2n) is 4.26. The normalized spacial score (nSPS) is 20.2. The summed E-state index contributed by atoms with van der Waals surface area (Å²) in [6, 6.07) is 6.43. The van der Waals surface area contributed by atoms with Gasteiger partial charge in [-0.2, -0.15) is 0 Å². The lowest BCUT2D eigenvalue weighted by atomic mass is 10.3. The zero-order chi connectivity index (χ0) is 13.2. The average Bonchev–Trinajstić information content (AvgIpc) is 2.76. The van der Waals surface area contributed by atoms with E-state index in [-0.39, 0.29) is 5.75 Å². The number of ether oxygens (including phenoxy) is 1. The summed E-state index contributed by atoms with van der Waals surface area (Å²) < 4.78 is 39.8. The predicted octanol–water partition coefficient (Wildman–Crippen LogP) is 2.38. The Labute approximate surface area is 104 Å². The topological polar surface area (TPSA) is 24.5 Å². The minimum Gasteiger partial charge on any atom is -0.406 e. The Morgan fingerprint density at radius 1 is 1.28 bits per heavy atom. The summed E-state index contributed by atoms with van der Waals surface area (Å²) in [7, 11) is 1.91. The van der Waals surface area contributed by atoms with Crippen LogP contribution in [0.5, 0.6) is 5.75 Å². The second kappa shape index (κ2) is 5.06. The maximum absolute atomic E-state index is 12.0. The number of benzene rings is 1. The van der Waals surface area contributed by atoms with E-state index in [1.165, 1.54) is 12.1 Å². The summed E-state index contributed by atoms with van der Waals surface area (Å²) in [6.45, 7) is 1.78. The number of hydrogen-bond donors (Lipinski definition) is 1. The summed E-state index contributed by atoms with van der Waals surface area (Å²) in [6.07, 6.45) is -3.59. The first-order chi connectivity index (χ1) is 8.48. The SMILES string of the molecule is CNC1CCN(c2ccc(OC(F)(F)F)cc2)C1. The number of rotatable bonds is 3. The van der Waals surface area contributed by atoms with Gasteiger partial charge in [0.25, 0.3) is 0 Å². The molecular weight excluding hydrogens is 245 g/mol. The Balaban J connectivity index is 2.00. The lowest BCUT2D eigenvalue weighted by Crippen LogP contribution is -2.29. The van der Waals surface area contributed by atoms with Crippen LogP contribution in [0.15, 0.2) is 24.3 Å². The molecular formula is C12H15F3N2O. The average molecular weight is 260 g/mol. The minimum absolute atomic E-state index is 0.185. The monoisotopic (exact) mass is 260 g/mol. The molecule has 0 aliphatic carbocycles. The Kier molecular flexibility index (Phi) is 3.65. The van der Waals surface area contributed by atoms with Crippen LogP contribution in [0.4, 0.5) is 18.9 Å². The molecule has 0 aromatic heterocycles. The number of anilines is 1. The van der Waals surface area contributed by atoms with Gasteiger partial charge in [0.2, 0.25) is 0 Å². The molecule has 0 spiro atoms. The molecule has 1 aliphatic rings. The highest BCUT2D eigenvalue weighted by Gasteiger charge is 2.31. The van der Waals surface area contributed by atoms with Crippen LogP contribution in [-0.4, -0.2) is 32.5 Å². The summed E-state index contributed by atoms with van der Waals surface area (Å²) in [4.78, 5) is 2.14. The standard InChI is InChI=1S/C12H15F3N2O/c1-16-9-6-7-17(8-9)10-2-4-11(5-3-10)18-12(13,14)15/h2-5,9,16H,6-8H2,1H3. The van der Waals surface area contributed by atoms with Crippen molar-refractivity contribution in [2.45, 2.75) is 18.8 Å². The van der Waals surface area contributed by atoms with Gasteiger partial charge in [-0.1, -0.05) is 0 Å². The predicted molar refractivity (Wildman–Crippen MR) is 62.8 cm³/mol. The summed E-state index contributed by atoms with van der Waals surface area (Å²) in [5.41, 5.74) is 0.919. The first-order valence-corrected chi connectivity index (χ1v) is 5.76. The van der Waals surface area contributed by atoms with E-state index in [9.17, 15) is 13.2 Å². The van der Waals surface area contributed by atoms with Gasteiger partial charge in [-0.15, -0.1) is 13.2 Å². The lowest BCUT2D eigenvalue weighted by Gasteiger charge is -2.19. The van der Waals surface area contributed by atoms with E-state index in [0.717, 1.165) is 25.2 Å². The van der Waals surface area contributed by atoms with Gasteiger partial charge in [0.1, 0.15) is 5.75 Å². The molecule has 100 valence electrons. The fraction of sp³-hybridized carbons (Fsp3) is 0.500. The van der Waals surface area contributed by atoms with E-state index in [1.807, 2.05) is 7.05 Å². The summed E-state index contributed by atoms with van der Waals surface area (Å²) in [5, 5.41) is 3.19. The quantitative estimate of drug-likeness (QED) is 0.903. The third-order valence-electron chi connectivity index (χ3n) is 3.03. The number of alkyl halides is 3. The highest BCUT2D eigenvalue weighted by molar-refractivity contribution is 5.50. The summed E-state index contributed by atoms with van der Waals surface area (Å²) >= 11 is 0. The molecule has 1 aromatic rings. The van der Waals surface area contributed by atoms with Crippen molar-refractivity contribution in [3.8, 4) is 5.75 Å². The van der Waals surface area contributed by atoms with Gasteiger partial charge in [-0.05, 0) is 37.7 Å². The van der Waals surface area contributed by atoms with E-state index < -0.39 is 6.36 Å². The maximum atomic E-state index is 12.0. The van der Waals surface area contributed by atoms with E-state index in [0.29, 0.717) is 6.04 Å². The molecule has 1 heterocycles. The van der Waals surface area contributed by atoms with Crippen molar-refractivity contribution in [2.75, 3.05) is 25.0 Å². The molecule has 6 heteroatoms. The van der Waals surface area contributed by atoms with Crippen molar-refractivity contribution < 1.29 is 17.9 Å². The zero-order valence-electron chi connectivity index (χ0n) is 10.00. The number of hydrogen-bond acceptors (Lipinski definition) is 3. The van der Waals surface area contributed by atoms with Crippen LogP contribution in [0.2, 0.25) is 0 Å². The first kappa shape index (κ1) is 13.0. The van der Waals surface area contributed by atoms with Gasteiger partial charge in [0.15, 0.2) is 0 Å². The number of halogens is 3. The molecule has 1 saturated heterocycles. The fourth-order valence-corrected chi connectivity index (χ4v) is 2.09. The maximum Gasteiger partial charge on any atom is 0.573 e. The number of nitrogens with zero attached hydrogens (tertiary/aromatic N) is 1. The van der Waals surface area contributed by atoms with Crippen molar-refractivity contribution in [1.29, 1.82) is 0 Å². The first-order valence-electron chi connectivity index (χ1n) is 5.76. The Hall–Kier alpha value is -1.43. The molecule has 1 atom stereocenters. The molecule has 1 fully saturated rings. The highest BCUT2D eigenvalue weighted by Crippen LogP contribution is 2.26. The van der Waals surface area contributed by atoms with Crippen molar-refractivity contribution >= 4 is 5.69 Å². The van der Waals surface area contributed by atoms with Crippen molar-refractivity contribution in [3.63, 3.8) is 0 Å². The number of nitrogens with one attached hydrogen (secondary N) is 1. The van der Waals surface area contributed by atoms with Crippen molar-refractivity contribution in [2.24, 2.45) is 0 Å². The van der Waals surface area contributed by atoms with Gasteiger partial charge in [-0.3, -0.25) is 0 Å². The van der Waals surface area contributed by atoms with Gasteiger partial charge in [-0.25, -0.2) is 0 Å². The van der Waals surface area contributed by atoms with E-state index in [2.05, 4.69) is 15.0 Å².